The van der Waals surface area contributed by atoms with E-state index in [0.717, 1.165) is 36.9 Å². The van der Waals surface area contributed by atoms with Crippen LogP contribution in [0, 0.1) is 5.92 Å². The second-order valence-corrected chi connectivity index (χ2v) is 5.71. The molecule has 1 aliphatic rings. The van der Waals surface area contributed by atoms with Gasteiger partial charge in [0.25, 0.3) is 0 Å². The van der Waals surface area contributed by atoms with Crippen LogP contribution in [0.15, 0.2) is 18.2 Å². The Morgan fingerprint density at radius 3 is 2.75 bits per heavy atom. The largest absolute Gasteiger partial charge is 0.493 e. The van der Waals surface area contributed by atoms with Crippen molar-refractivity contribution in [2.45, 2.75) is 19.3 Å². The topological polar surface area (TPSA) is 21.7 Å². The summed E-state index contributed by atoms with van der Waals surface area (Å²) in [6, 6.07) is 6.16. The molecule has 1 fully saturated rings. The number of likely N-dealkylation sites (tertiary alicyclic amines) is 1. The molecule has 3 nitrogen and oxygen atoms in total. The lowest BCUT2D eigenvalue weighted by molar-refractivity contribution is 0.187. The molecule has 1 heterocycles. The van der Waals surface area contributed by atoms with Gasteiger partial charge in [0.15, 0.2) is 11.5 Å². The van der Waals surface area contributed by atoms with Crippen molar-refractivity contribution in [3.05, 3.63) is 23.8 Å². The lowest BCUT2D eigenvalue weighted by atomic mass is 9.99. The third-order valence-corrected chi connectivity index (χ3v) is 4.42. The highest BCUT2D eigenvalue weighted by Gasteiger charge is 2.18. The molecule has 4 heteroatoms. The molecule has 1 aliphatic heterocycles. The van der Waals surface area contributed by atoms with Crippen molar-refractivity contribution in [1.29, 1.82) is 0 Å². The molecule has 0 amide bonds. The zero-order chi connectivity index (χ0) is 14.4. The van der Waals surface area contributed by atoms with Crippen LogP contribution in [0.3, 0.4) is 0 Å². The van der Waals surface area contributed by atoms with Crippen molar-refractivity contribution in [3.8, 4) is 11.5 Å². The molecule has 1 unspecified atom stereocenters. The minimum Gasteiger partial charge on any atom is -0.493 e. The van der Waals surface area contributed by atoms with Gasteiger partial charge in [-0.1, -0.05) is 6.07 Å². The maximum atomic E-state index is 5.98. The average Bonchev–Trinajstić information content (AvgIpc) is 2.52. The predicted molar refractivity (Wildman–Crippen MR) is 83.1 cm³/mol. The molecule has 0 aromatic heterocycles. The number of alkyl halides is 1. The van der Waals surface area contributed by atoms with Gasteiger partial charge < -0.3 is 14.4 Å². The van der Waals surface area contributed by atoms with E-state index in [1.165, 1.54) is 24.9 Å². The van der Waals surface area contributed by atoms with E-state index in [1.807, 2.05) is 6.07 Å². The summed E-state index contributed by atoms with van der Waals surface area (Å²) in [7, 11) is 3.34. The van der Waals surface area contributed by atoms with Crippen LogP contribution in [0.1, 0.15) is 18.4 Å². The molecule has 1 aromatic rings. The predicted octanol–water partition coefficient (Wildman–Crippen LogP) is 3.20. The standard InChI is InChI=1S/C16H24ClNO2/c1-19-15-6-5-13(10-16(15)20-2)7-9-18-8-3-4-14(11-17)12-18/h5-6,10,14H,3-4,7-9,11-12H2,1-2H3. The summed E-state index contributed by atoms with van der Waals surface area (Å²) in [4.78, 5) is 2.52. The number of methoxy groups -OCH3 is 2. The van der Waals surface area contributed by atoms with Gasteiger partial charge in [0.05, 0.1) is 14.2 Å². The first-order valence-electron chi connectivity index (χ1n) is 7.26. The Kier molecular flexibility index (Phi) is 5.99. The lowest BCUT2D eigenvalue weighted by Gasteiger charge is -2.31. The second-order valence-electron chi connectivity index (χ2n) is 5.40. The summed E-state index contributed by atoms with van der Waals surface area (Å²) in [5.41, 5.74) is 1.29. The highest BCUT2D eigenvalue weighted by Crippen LogP contribution is 2.28. The first kappa shape index (κ1) is 15.5. The number of nitrogens with zero attached hydrogens (tertiary/aromatic N) is 1. The van der Waals surface area contributed by atoms with Crippen molar-refractivity contribution in [1.82, 2.24) is 4.90 Å². The fourth-order valence-electron chi connectivity index (χ4n) is 2.80. The Morgan fingerprint density at radius 2 is 2.05 bits per heavy atom. The van der Waals surface area contributed by atoms with E-state index in [4.69, 9.17) is 21.1 Å². The normalized spacial score (nSPS) is 19.9. The number of hydrogen-bond donors (Lipinski definition) is 0. The van der Waals surface area contributed by atoms with Gasteiger partial charge in [0, 0.05) is 19.0 Å². The molecule has 0 radical (unpaired) electrons. The zero-order valence-corrected chi connectivity index (χ0v) is 13.2. The maximum Gasteiger partial charge on any atom is 0.160 e. The van der Waals surface area contributed by atoms with Gasteiger partial charge in [0.1, 0.15) is 0 Å². The van der Waals surface area contributed by atoms with Crippen LogP contribution in [-0.4, -0.2) is 44.6 Å². The first-order valence-corrected chi connectivity index (χ1v) is 7.79. The van der Waals surface area contributed by atoms with E-state index >= 15 is 0 Å². The Morgan fingerprint density at radius 1 is 1.25 bits per heavy atom. The zero-order valence-electron chi connectivity index (χ0n) is 12.4. The number of rotatable bonds is 6. The number of halogens is 1. The number of piperidine rings is 1. The molecule has 1 aromatic carbocycles. The Hall–Kier alpha value is -0.930. The molecule has 1 saturated heterocycles. The maximum absolute atomic E-state index is 5.98. The minimum atomic E-state index is 0.663. The van der Waals surface area contributed by atoms with E-state index in [2.05, 4.69) is 17.0 Å². The summed E-state index contributed by atoms with van der Waals surface area (Å²) in [5, 5.41) is 0. The molecule has 2 rings (SSSR count). The molecular formula is C16H24ClNO2. The third-order valence-electron chi connectivity index (χ3n) is 3.99. The molecule has 0 N–H and O–H groups in total. The van der Waals surface area contributed by atoms with E-state index in [1.54, 1.807) is 14.2 Å². The molecule has 112 valence electrons. The monoisotopic (exact) mass is 297 g/mol. The van der Waals surface area contributed by atoms with Crippen molar-refractivity contribution in [2.24, 2.45) is 5.92 Å². The van der Waals surface area contributed by atoms with Crippen LogP contribution in [0.2, 0.25) is 0 Å². The lowest BCUT2D eigenvalue weighted by Crippen LogP contribution is -2.37. The van der Waals surface area contributed by atoms with Crippen molar-refractivity contribution < 1.29 is 9.47 Å². The highest BCUT2D eigenvalue weighted by molar-refractivity contribution is 6.18. The van der Waals surface area contributed by atoms with Crippen LogP contribution in [-0.2, 0) is 6.42 Å². The summed E-state index contributed by atoms with van der Waals surface area (Å²) in [6.07, 6.45) is 3.58. The SMILES string of the molecule is COc1ccc(CCN2CCCC(CCl)C2)cc1OC. The summed E-state index contributed by atoms with van der Waals surface area (Å²) >= 11 is 5.98. The van der Waals surface area contributed by atoms with Crippen molar-refractivity contribution in [2.75, 3.05) is 39.7 Å². The van der Waals surface area contributed by atoms with Crippen LogP contribution >= 0.6 is 11.6 Å². The first-order chi connectivity index (χ1) is 9.76. The Labute approximate surface area is 126 Å². The van der Waals surface area contributed by atoms with Gasteiger partial charge in [-0.25, -0.2) is 0 Å². The minimum absolute atomic E-state index is 0.663. The third kappa shape index (κ3) is 4.03. The van der Waals surface area contributed by atoms with Crippen LogP contribution in [0.25, 0.3) is 0 Å². The molecule has 0 aliphatic carbocycles. The quantitative estimate of drug-likeness (QED) is 0.753. The fraction of sp³-hybridized carbons (Fsp3) is 0.625. The molecular weight excluding hydrogens is 274 g/mol. The fourth-order valence-corrected chi connectivity index (χ4v) is 3.06. The average molecular weight is 298 g/mol. The molecule has 1 atom stereocenters. The van der Waals surface area contributed by atoms with E-state index in [-0.39, 0.29) is 0 Å². The van der Waals surface area contributed by atoms with Gasteiger partial charge in [-0.2, -0.15) is 0 Å². The Bertz CT molecular complexity index is 425. The van der Waals surface area contributed by atoms with Gasteiger partial charge in [-0.05, 0) is 49.4 Å². The molecule has 20 heavy (non-hydrogen) atoms. The number of benzene rings is 1. The molecule has 0 saturated carbocycles. The van der Waals surface area contributed by atoms with Crippen molar-refractivity contribution in [3.63, 3.8) is 0 Å². The van der Waals surface area contributed by atoms with Gasteiger partial charge in [0.2, 0.25) is 0 Å². The molecule has 0 spiro atoms. The van der Waals surface area contributed by atoms with E-state index < -0.39 is 0 Å². The van der Waals surface area contributed by atoms with Crippen molar-refractivity contribution >= 4 is 11.6 Å². The van der Waals surface area contributed by atoms with Gasteiger partial charge in [-0.15, -0.1) is 11.6 Å². The summed E-state index contributed by atoms with van der Waals surface area (Å²) < 4.78 is 10.6. The number of ether oxygens (including phenoxy) is 2. The van der Waals surface area contributed by atoms with E-state index in [0.29, 0.717) is 5.92 Å². The van der Waals surface area contributed by atoms with Crippen LogP contribution in [0.5, 0.6) is 11.5 Å². The summed E-state index contributed by atoms with van der Waals surface area (Å²) in [5.74, 6) is 3.04. The van der Waals surface area contributed by atoms with Gasteiger partial charge in [-0.3, -0.25) is 0 Å². The van der Waals surface area contributed by atoms with Gasteiger partial charge >= 0.3 is 0 Å². The Balaban J connectivity index is 1.90. The van der Waals surface area contributed by atoms with Crippen LogP contribution < -0.4 is 9.47 Å². The molecule has 0 bridgehead atoms. The smallest absolute Gasteiger partial charge is 0.160 e. The second kappa shape index (κ2) is 7.75. The highest BCUT2D eigenvalue weighted by atomic mass is 35.5. The van der Waals surface area contributed by atoms with E-state index in [9.17, 15) is 0 Å². The summed E-state index contributed by atoms with van der Waals surface area (Å²) in [6.45, 7) is 3.42. The van der Waals surface area contributed by atoms with Crippen LogP contribution in [0.4, 0.5) is 0 Å². The number of hydrogen-bond acceptors (Lipinski definition) is 3.